The van der Waals surface area contributed by atoms with Crippen molar-refractivity contribution < 1.29 is 28.4 Å². The molecule has 0 aromatic heterocycles. The zero-order valence-electron chi connectivity index (χ0n) is 11.0. The second-order valence-corrected chi connectivity index (χ2v) is 3.83. The fourth-order valence-corrected chi connectivity index (χ4v) is 2.17. The first-order valence-corrected chi connectivity index (χ1v) is 5.49. The lowest BCUT2D eigenvalue weighted by molar-refractivity contribution is -0.307. The Morgan fingerprint density at radius 2 is 1.35 bits per heavy atom. The van der Waals surface area contributed by atoms with Crippen LogP contribution in [0.4, 0.5) is 0 Å². The molecule has 1 aliphatic heterocycles. The number of ether oxygens (including phenoxy) is 6. The molecule has 0 aliphatic carbocycles. The molecular weight excluding hydrogens is 228 g/mol. The van der Waals surface area contributed by atoms with Crippen LogP contribution in [-0.2, 0) is 28.4 Å². The summed E-state index contributed by atoms with van der Waals surface area (Å²) >= 11 is 0. The summed E-state index contributed by atoms with van der Waals surface area (Å²) in [6, 6.07) is 0. The van der Waals surface area contributed by atoms with Crippen molar-refractivity contribution in [3.8, 4) is 0 Å². The summed E-state index contributed by atoms with van der Waals surface area (Å²) in [5.41, 5.74) is 0. The van der Waals surface area contributed by atoms with Crippen LogP contribution in [0.3, 0.4) is 0 Å². The molecule has 0 aromatic rings. The van der Waals surface area contributed by atoms with Crippen molar-refractivity contribution >= 4 is 0 Å². The minimum atomic E-state index is -0.489. The Hall–Kier alpha value is -0.240. The predicted octanol–water partition coefficient (Wildman–Crippen LogP) is 0.0491. The summed E-state index contributed by atoms with van der Waals surface area (Å²) in [7, 11) is 8.01. The molecule has 0 bridgehead atoms. The van der Waals surface area contributed by atoms with Crippen molar-refractivity contribution in [2.45, 2.75) is 30.7 Å². The van der Waals surface area contributed by atoms with E-state index in [1.54, 1.807) is 35.5 Å². The highest BCUT2D eigenvalue weighted by Crippen LogP contribution is 2.27. The van der Waals surface area contributed by atoms with E-state index in [9.17, 15) is 0 Å². The van der Waals surface area contributed by atoms with E-state index in [2.05, 4.69) is 0 Å². The average Bonchev–Trinajstić information content (AvgIpc) is 2.37. The lowest BCUT2D eigenvalue weighted by Gasteiger charge is -2.44. The van der Waals surface area contributed by atoms with Gasteiger partial charge >= 0.3 is 0 Å². The largest absolute Gasteiger partial charge is 0.382 e. The summed E-state index contributed by atoms with van der Waals surface area (Å²) in [6.45, 7) is 0.411. The highest BCUT2D eigenvalue weighted by atomic mass is 16.7. The van der Waals surface area contributed by atoms with Gasteiger partial charge in [0.05, 0.1) is 6.61 Å². The Bertz CT molecular complexity index is 212. The van der Waals surface area contributed by atoms with Crippen molar-refractivity contribution in [3.05, 3.63) is 0 Å². The van der Waals surface area contributed by atoms with Gasteiger partial charge in [-0.15, -0.1) is 0 Å². The molecule has 5 atom stereocenters. The van der Waals surface area contributed by atoms with Crippen LogP contribution in [0.2, 0.25) is 0 Å². The van der Waals surface area contributed by atoms with E-state index in [1.165, 1.54) is 0 Å². The van der Waals surface area contributed by atoms with Gasteiger partial charge in [-0.2, -0.15) is 0 Å². The fourth-order valence-electron chi connectivity index (χ4n) is 2.17. The summed E-state index contributed by atoms with van der Waals surface area (Å²) in [4.78, 5) is 0. The summed E-state index contributed by atoms with van der Waals surface area (Å²) < 4.78 is 32.3. The van der Waals surface area contributed by atoms with Gasteiger partial charge in [-0.05, 0) is 0 Å². The van der Waals surface area contributed by atoms with Crippen LogP contribution in [0.5, 0.6) is 0 Å². The lowest BCUT2D eigenvalue weighted by atomic mass is 9.98. The van der Waals surface area contributed by atoms with E-state index in [0.717, 1.165) is 0 Å². The predicted molar refractivity (Wildman–Crippen MR) is 59.9 cm³/mol. The normalized spacial score (nSPS) is 38.3. The topological polar surface area (TPSA) is 55.4 Å². The Kier molecular flexibility index (Phi) is 6.32. The van der Waals surface area contributed by atoms with E-state index in [-0.39, 0.29) is 24.4 Å². The van der Waals surface area contributed by atoms with Crippen molar-refractivity contribution in [1.29, 1.82) is 0 Å². The molecule has 1 aliphatic rings. The highest BCUT2D eigenvalue weighted by Gasteiger charge is 2.47. The van der Waals surface area contributed by atoms with E-state index in [4.69, 9.17) is 28.4 Å². The zero-order valence-corrected chi connectivity index (χ0v) is 11.0. The van der Waals surface area contributed by atoms with Crippen LogP contribution in [-0.4, -0.2) is 72.9 Å². The van der Waals surface area contributed by atoms with Gasteiger partial charge in [0, 0.05) is 35.5 Å². The van der Waals surface area contributed by atoms with Gasteiger partial charge in [-0.1, -0.05) is 0 Å². The number of methoxy groups -OCH3 is 5. The quantitative estimate of drug-likeness (QED) is 0.664. The third-order valence-electron chi connectivity index (χ3n) is 2.97. The SMILES string of the molecule is COCC1O[C@H](OC)C(OC)[C@H](OC)[C@@H]1OC. The van der Waals surface area contributed by atoms with Crippen molar-refractivity contribution in [2.75, 3.05) is 42.2 Å². The average molecular weight is 250 g/mol. The number of hydrogen-bond acceptors (Lipinski definition) is 6. The van der Waals surface area contributed by atoms with Gasteiger partial charge in [0.25, 0.3) is 0 Å². The standard InChI is InChI=1S/C11H22O6/c1-12-6-7-8(13-2)9(14-3)10(15-4)11(16-5)17-7/h7-11H,6H2,1-5H3/t7?,8-,9-,10?,11+/m1/s1. The van der Waals surface area contributed by atoms with Crippen LogP contribution in [0.1, 0.15) is 0 Å². The van der Waals surface area contributed by atoms with Gasteiger partial charge in [-0.3, -0.25) is 0 Å². The first kappa shape index (κ1) is 14.8. The maximum atomic E-state index is 5.74. The summed E-state index contributed by atoms with van der Waals surface area (Å²) in [5.74, 6) is 0. The molecule has 0 N–H and O–H groups in total. The van der Waals surface area contributed by atoms with E-state index >= 15 is 0 Å². The molecule has 1 heterocycles. The molecule has 6 nitrogen and oxygen atoms in total. The smallest absolute Gasteiger partial charge is 0.186 e. The van der Waals surface area contributed by atoms with Crippen LogP contribution in [0, 0.1) is 0 Å². The molecule has 2 unspecified atom stereocenters. The van der Waals surface area contributed by atoms with Gasteiger partial charge < -0.3 is 28.4 Å². The Morgan fingerprint density at radius 1 is 0.765 bits per heavy atom. The molecule has 0 amide bonds. The molecule has 6 heteroatoms. The molecular formula is C11H22O6. The van der Waals surface area contributed by atoms with Gasteiger partial charge in [0.1, 0.15) is 24.4 Å². The number of hydrogen-bond donors (Lipinski definition) is 0. The van der Waals surface area contributed by atoms with Crippen LogP contribution < -0.4 is 0 Å². The monoisotopic (exact) mass is 250 g/mol. The van der Waals surface area contributed by atoms with Crippen LogP contribution in [0.15, 0.2) is 0 Å². The molecule has 1 rings (SSSR count). The fraction of sp³-hybridized carbons (Fsp3) is 1.00. The minimum absolute atomic E-state index is 0.244. The second-order valence-electron chi connectivity index (χ2n) is 3.83. The molecule has 102 valence electrons. The molecule has 1 saturated heterocycles. The van der Waals surface area contributed by atoms with E-state index < -0.39 is 6.29 Å². The molecule has 0 spiro atoms. The third kappa shape index (κ3) is 3.15. The van der Waals surface area contributed by atoms with Gasteiger partial charge in [0.15, 0.2) is 6.29 Å². The molecule has 0 radical (unpaired) electrons. The molecule has 17 heavy (non-hydrogen) atoms. The van der Waals surface area contributed by atoms with Crippen LogP contribution in [0.25, 0.3) is 0 Å². The van der Waals surface area contributed by atoms with E-state index in [0.29, 0.717) is 6.61 Å². The molecule has 1 fully saturated rings. The summed E-state index contributed by atoms with van der Waals surface area (Å²) in [6.07, 6.45) is -1.58. The molecule has 0 saturated carbocycles. The maximum absolute atomic E-state index is 5.74. The van der Waals surface area contributed by atoms with Crippen LogP contribution >= 0.6 is 0 Å². The van der Waals surface area contributed by atoms with E-state index in [1.807, 2.05) is 0 Å². The van der Waals surface area contributed by atoms with Gasteiger partial charge in [0.2, 0.25) is 0 Å². The minimum Gasteiger partial charge on any atom is -0.382 e. The Labute approximate surface area is 102 Å². The van der Waals surface area contributed by atoms with Gasteiger partial charge in [-0.25, -0.2) is 0 Å². The maximum Gasteiger partial charge on any atom is 0.186 e. The van der Waals surface area contributed by atoms with Crippen molar-refractivity contribution in [1.82, 2.24) is 0 Å². The molecule has 0 aromatic carbocycles. The Balaban J connectivity index is 2.84. The highest BCUT2D eigenvalue weighted by molar-refractivity contribution is 4.92. The first-order valence-electron chi connectivity index (χ1n) is 5.49. The zero-order chi connectivity index (χ0) is 12.8. The van der Waals surface area contributed by atoms with Crippen molar-refractivity contribution in [2.24, 2.45) is 0 Å². The third-order valence-corrected chi connectivity index (χ3v) is 2.97. The van der Waals surface area contributed by atoms with Crippen molar-refractivity contribution in [3.63, 3.8) is 0 Å². The lowest BCUT2D eigenvalue weighted by Crippen LogP contribution is -2.61. The second kappa shape index (κ2) is 7.25. The number of rotatable bonds is 6. The summed E-state index contributed by atoms with van der Waals surface area (Å²) in [5, 5.41) is 0. The first-order chi connectivity index (χ1) is 8.23. The Morgan fingerprint density at radius 3 is 1.76 bits per heavy atom.